The van der Waals surface area contributed by atoms with E-state index in [1.807, 2.05) is 0 Å². The molecule has 0 aromatic carbocycles. The zero-order chi connectivity index (χ0) is 12.2. The molecule has 0 fully saturated rings. The molecule has 0 aliphatic carbocycles. The maximum Gasteiger partial charge on any atom is 0.401 e. The largest absolute Gasteiger partial charge is 0.463 e. The summed E-state index contributed by atoms with van der Waals surface area (Å²) in [5.41, 5.74) is 0. The van der Waals surface area contributed by atoms with Crippen LogP contribution < -0.4 is 5.32 Å². The van der Waals surface area contributed by atoms with E-state index in [0.29, 0.717) is 12.3 Å². The SMILES string of the molecule is CNCc1ccc(CN(C)CC(F)(F)F)o1. The fourth-order valence-electron chi connectivity index (χ4n) is 1.40. The van der Waals surface area contributed by atoms with Crippen LogP contribution in [-0.4, -0.2) is 31.7 Å². The van der Waals surface area contributed by atoms with E-state index in [0.717, 1.165) is 5.76 Å². The molecular weight excluding hydrogens is 221 g/mol. The minimum absolute atomic E-state index is 0.156. The van der Waals surface area contributed by atoms with Gasteiger partial charge in [-0.15, -0.1) is 0 Å². The highest BCUT2D eigenvalue weighted by Crippen LogP contribution is 2.17. The summed E-state index contributed by atoms with van der Waals surface area (Å²) in [6.07, 6.45) is -4.17. The van der Waals surface area contributed by atoms with Crippen LogP contribution in [0.4, 0.5) is 13.2 Å². The Morgan fingerprint density at radius 1 is 1.31 bits per heavy atom. The van der Waals surface area contributed by atoms with E-state index >= 15 is 0 Å². The zero-order valence-electron chi connectivity index (χ0n) is 9.27. The predicted molar refractivity (Wildman–Crippen MR) is 53.9 cm³/mol. The predicted octanol–water partition coefficient (Wildman–Crippen LogP) is 1.99. The molecule has 3 nitrogen and oxygen atoms in total. The van der Waals surface area contributed by atoms with Crippen LogP contribution in [-0.2, 0) is 13.1 Å². The number of nitrogens with zero attached hydrogens (tertiary/aromatic N) is 1. The van der Waals surface area contributed by atoms with Gasteiger partial charge in [0.05, 0.1) is 19.6 Å². The van der Waals surface area contributed by atoms with E-state index < -0.39 is 12.7 Å². The fourth-order valence-corrected chi connectivity index (χ4v) is 1.40. The van der Waals surface area contributed by atoms with Crippen LogP contribution in [0.5, 0.6) is 0 Å². The van der Waals surface area contributed by atoms with Crippen molar-refractivity contribution in [2.24, 2.45) is 0 Å². The monoisotopic (exact) mass is 236 g/mol. The lowest BCUT2D eigenvalue weighted by atomic mass is 10.4. The Kier molecular flexibility index (Phi) is 4.37. The summed E-state index contributed by atoms with van der Waals surface area (Å²) in [7, 11) is 3.19. The molecule has 1 N–H and O–H groups in total. The second kappa shape index (κ2) is 5.36. The molecule has 0 radical (unpaired) electrons. The summed E-state index contributed by atoms with van der Waals surface area (Å²) < 4.78 is 41.5. The first-order valence-electron chi connectivity index (χ1n) is 4.88. The Hall–Kier alpha value is -1.01. The van der Waals surface area contributed by atoms with E-state index in [9.17, 15) is 13.2 Å². The third-order valence-electron chi connectivity index (χ3n) is 1.94. The summed E-state index contributed by atoms with van der Waals surface area (Å²) in [6, 6.07) is 3.45. The zero-order valence-corrected chi connectivity index (χ0v) is 9.27. The molecule has 0 aliphatic rings. The summed E-state index contributed by atoms with van der Waals surface area (Å²) in [4.78, 5) is 1.17. The molecule has 16 heavy (non-hydrogen) atoms. The summed E-state index contributed by atoms with van der Waals surface area (Å²) in [5.74, 6) is 1.26. The van der Waals surface area contributed by atoms with Gasteiger partial charge in [-0.25, -0.2) is 0 Å². The number of hydrogen-bond donors (Lipinski definition) is 1. The maximum atomic E-state index is 12.1. The van der Waals surface area contributed by atoms with Gasteiger partial charge >= 0.3 is 6.18 Å². The number of halogens is 3. The molecule has 0 bridgehead atoms. The van der Waals surface area contributed by atoms with Crippen molar-refractivity contribution in [1.29, 1.82) is 0 Å². The second-order valence-electron chi connectivity index (χ2n) is 3.69. The van der Waals surface area contributed by atoms with Crippen LogP contribution in [0.15, 0.2) is 16.5 Å². The highest BCUT2D eigenvalue weighted by molar-refractivity contribution is 5.06. The Bertz CT molecular complexity index is 322. The van der Waals surface area contributed by atoms with Gasteiger partial charge in [0.2, 0.25) is 0 Å². The minimum atomic E-state index is -4.17. The fraction of sp³-hybridized carbons (Fsp3) is 0.600. The third kappa shape index (κ3) is 4.67. The van der Waals surface area contributed by atoms with Gasteiger partial charge < -0.3 is 9.73 Å². The number of alkyl halides is 3. The molecule has 0 saturated carbocycles. The molecule has 0 aliphatic heterocycles. The molecule has 6 heteroatoms. The quantitative estimate of drug-likeness (QED) is 0.847. The van der Waals surface area contributed by atoms with Crippen LogP contribution in [0.2, 0.25) is 0 Å². The second-order valence-corrected chi connectivity index (χ2v) is 3.69. The third-order valence-corrected chi connectivity index (χ3v) is 1.94. The summed E-state index contributed by atoms with van der Waals surface area (Å²) >= 11 is 0. The number of rotatable bonds is 5. The molecule has 0 atom stereocenters. The molecule has 1 aromatic rings. The van der Waals surface area contributed by atoms with Gasteiger partial charge in [-0.2, -0.15) is 13.2 Å². The Morgan fingerprint density at radius 3 is 2.50 bits per heavy atom. The van der Waals surface area contributed by atoms with Gasteiger partial charge in [-0.3, -0.25) is 4.90 Å². The van der Waals surface area contributed by atoms with E-state index in [4.69, 9.17) is 4.42 Å². The van der Waals surface area contributed by atoms with Crippen molar-refractivity contribution >= 4 is 0 Å². The molecular formula is C10H15F3N2O. The van der Waals surface area contributed by atoms with Crippen LogP contribution in [0, 0.1) is 0 Å². The average molecular weight is 236 g/mol. The van der Waals surface area contributed by atoms with Crippen molar-refractivity contribution < 1.29 is 17.6 Å². The Balaban J connectivity index is 2.46. The van der Waals surface area contributed by atoms with Crippen molar-refractivity contribution in [2.45, 2.75) is 19.3 Å². The smallest absolute Gasteiger partial charge is 0.401 e. The highest BCUT2D eigenvalue weighted by atomic mass is 19.4. The molecule has 1 rings (SSSR count). The van der Waals surface area contributed by atoms with Gasteiger partial charge in [0.15, 0.2) is 0 Å². The molecule has 92 valence electrons. The van der Waals surface area contributed by atoms with Gasteiger partial charge in [0, 0.05) is 0 Å². The first-order valence-corrected chi connectivity index (χ1v) is 4.88. The lowest BCUT2D eigenvalue weighted by molar-refractivity contribution is -0.144. The van der Waals surface area contributed by atoms with Gasteiger partial charge in [0.25, 0.3) is 0 Å². The van der Waals surface area contributed by atoms with Crippen LogP contribution >= 0.6 is 0 Å². The first kappa shape index (κ1) is 13.1. The molecule has 0 unspecified atom stereocenters. The highest BCUT2D eigenvalue weighted by Gasteiger charge is 2.29. The summed E-state index contributed by atoms with van der Waals surface area (Å²) in [5, 5.41) is 2.90. The molecule has 1 heterocycles. The number of hydrogen-bond acceptors (Lipinski definition) is 3. The number of furan rings is 1. The molecule has 0 spiro atoms. The van der Waals surface area contributed by atoms with Crippen molar-refractivity contribution in [2.75, 3.05) is 20.6 Å². The Morgan fingerprint density at radius 2 is 1.94 bits per heavy atom. The molecule has 0 saturated heterocycles. The van der Waals surface area contributed by atoms with Crippen LogP contribution in [0.3, 0.4) is 0 Å². The van der Waals surface area contributed by atoms with Crippen molar-refractivity contribution in [3.63, 3.8) is 0 Å². The first-order chi connectivity index (χ1) is 7.40. The van der Waals surface area contributed by atoms with Gasteiger partial charge in [-0.05, 0) is 26.2 Å². The van der Waals surface area contributed by atoms with Crippen LogP contribution in [0.1, 0.15) is 11.5 Å². The van der Waals surface area contributed by atoms with E-state index in [1.54, 1.807) is 19.2 Å². The van der Waals surface area contributed by atoms with E-state index in [-0.39, 0.29) is 6.54 Å². The van der Waals surface area contributed by atoms with Gasteiger partial charge in [0.1, 0.15) is 11.5 Å². The topological polar surface area (TPSA) is 28.4 Å². The minimum Gasteiger partial charge on any atom is -0.463 e. The maximum absolute atomic E-state index is 12.1. The van der Waals surface area contributed by atoms with Gasteiger partial charge in [-0.1, -0.05) is 0 Å². The van der Waals surface area contributed by atoms with E-state index in [1.165, 1.54) is 11.9 Å². The van der Waals surface area contributed by atoms with Crippen LogP contribution in [0.25, 0.3) is 0 Å². The van der Waals surface area contributed by atoms with Crippen molar-refractivity contribution in [1.82, 2.24) is 10.2 Å². The average Bonchev–Trinajstić information content (AvgIpc) is 2.49. The number of nitrogens with one attached hydrogen (secondary N) is 1. The van der Waals surface area contributed by atoms with E-state index in [2.05, 4.69) is 5.32 Å². The molecule has 1 aromatic heterocycles. The summed E-state index contributed by atoms with van der Waals surface area (Å²) in [6.45, 7) is -0.207. The lowest BCUT2D eigenvalue weighted by Crippen LogP contribution is -2.30. The molecule has 0 amide bonds. The van der Waals surface area contributed by atoms with Crippen molar-refractivity contribution in [3.05, 3.63) is 23.7 Å². The Labute approximate surface area is 92.2 Å². The standard InChI is InChI=1S/C10H15F3N2O/c1-14-5-8-3-4-9(16-8)6-15(2)7-10(11,12)13/h3-4,14H,5-7H2,1-2H3. The lowest BCUT2D eigenvalue weighted by Gasteiger charge is -2.16. The van der Waals surface area contributed by atoms with Crippen molar-refractivity contribution in [3.8, 4) is 0 Å². The normalized spacial score (nSPS) is 12.4.